The molecule has 4 aromatic rings. The third kappa shape index (κ3) is 4.56. The zero-order chi connectivity index (χ0) is 23.4. The second-order valence-corrected chi connectivity index (χ2v) is 8.22. The summed E-state index contributed by atoms with van der Waals surface area (Å²) >= 11 is 1.26. The fourth-order valence-electron chi connectivity index (χ4n) is 3.31. The summed E-state index contributed by atoms with van der Waals surface area (Å²) < 4.78 is 13.6. The van der Waals surface area contributed by atoms with Gasteiger partial charge in [0.2, 0.25) is 11.6 Å². The number of para-hydroxylation sites is 2. The van der Waals surface area contributed by atoms with Crippen LogP contribution in [-0.2, 0) is 4.79 Å². The zero-order valence-electron chi connectivity index (χ0n) is 18.4. The maximum Gasteiger partial charge on any atom is 0.300 e. The Kier molecular flexibility index (Phi) is 6.64. The number of nitrogens with zero attached hydrogens (tertiary/aromatic N) is 4. The molecular formula is C23H23N5O4S. The lowest BCUT2D eigenvalue weighted by Gasteiger charge is -2.14. The van der Waals surface area contributed by atoms with E-state index in [0.717, 1.165) is 0 Å². The van der Waals surface area contributed by atoms with Gasteiger partial charge in [0.15, 0.2) is 5.16 Å². The summed E-state index contributed by atoms with van der Waals surface area (Å²) in [7, 11) is 3.14. The number of thioether (sulfide) groups is 1. The van der Waals surface area contributed by atoms with Gasteiger partial charge < -0.3 is 14.8 Å². The summed E-state index contributed by atoms with van der Waals surface area (Å²) in [6.45, 7) is 1.92. The lowest BCUT2D eigenvalue weighted by molar-refractivity contribution is -0.115. The highest BCUT2D eigenvalue weighted by atomic mass is 32.2. The number of hydrogen-bond donors (Lipinski definition) is 1. The summed E-state index contributed by atoms with van der Waals surface area (Å²) in [4.78, 5) is 25.9. The smallest absolute Gasteiger partial charge is 0.300 e. The normalized spacial score (nSPS) is 11.8. The highest BCUT2D eigenvalue weighted by molar-refractivity contribution is 8.00. The van der Waals surface area contributed by atoms with Gasteiger partial charge in [-0.15, -0.1) is 10.2 Å². The lowest BCUT2D eigenvalue weighted by Crippen LogP contribution is -2.25. The summed E-state index contributed by atoms with van der Waals surface area (Å²) in [6, 6.07) is 14.4. The van der Waals surface area contributed by atoms with Gasteiger partial charge in [0.1, 0.15) is 11.5 Å². The second kappa shape index (κ2) is 9.78. The quantitative estimate of drug-likeness (QED) is 0.398. The SMILES string of the molecule is CC[C@H](Sc1nnc2c(=O)n(-c3ccccc3OC)ccn12)C(=O)Nc1ccc(OC)cc1. The van der Waals surface area contributed by atoms with Crippen LogP contribution in [0.2, 0.25) is 0 Å². The van der Waals surface area contributed by atoms with Crippen LogP contribution in [0.4, 0.5) is 5.69 Å². The van der Waals surface area contributed by atoms with Crippen molar-refractivity contribution >= 4 is 29.0 Å². The van der Waals surface area contributed by atoms with Crippen molar-refractivity contribution in [1.82, 2.24) is 19.2 Å². The molecule has 0 radical (unpaired) electrons. The molecule has 0 spiro atoms. The summed E-state index contributed by atoms with van der Waals surface area (Å²) in [5.41, 5.74) is 1.11. The minimum absolute atomic E-state index is 0.160. The number of ether oxygens (including phenoxy) is 2. The highest BCUT2D eigenvalue weighted by Crippen LogP contribution is 2.26. The first-order chi connectivity index (χ1) is 16.0. The van der Waals surface area contributed by atoms with Crippen LogP contribution in [0.15, 0.2) is 70.9 Å². The van der Waals surface area contributed by atoms with Crippen LogP contribution >= 0.6 is 11.8 Å². The van der Waals surface area contributed by atoms with Gasteiger partial charge in [0.05, 0.1) is 25.2 Å². The van der Waals surface area contributed by atoms with Crippen molar-refractivity contribution in [2.45, 2.75) is 23.8 Å². The van der Waals surface area contributed by atoms with Crippen LogP contribution in [0.3, 0.4) is 0 Å². The first kappa shape index (κ1) is 22.4. The third-order valence-corrected chi connectivity index (χ3v) is 6.37. The molecule has 170 valence electrons. The molecule has 2 aromatic carbocycles. The first-order valence-corrected chi connectivity index (χ1v) is 11.1. The van der Waals surface area contributed by atoms with Gasteiger partial charge in [-0.05, 0) is 42.8 Å². The Morgan fingerprint density at radius 2 is 1.82 bits per heavy atom. The molecule has 2 aromatic heterocycles. The molecule has 4 rings (SSSR count). The Morgan fingerprint density at radius 3 is 2.52 bits per heavy atom. The predicted molar refractivity (Wildman–Crippen MR) is 127 cm³/mol. The van der Waals surface area contributed by atoms with E-state index in [1.54, 1.807) is 67.4 Å². The van der Waals surface area contributed by atoms with Crippen LogP contribution in [0.25, 0.3) is 11.3 Å². The van der Waals surface area contributed by atoms with Crippen LogP contribution in [-0.4, -0.2) is 44.5 Å². The van der Waals surface area contributed by atoms with Crippen LogP contribution in [0, 0.1) is 0 Å². The number of methoxy groups -OCH3 is 2. The number of carbonyl (C=O) groups excluding carboxylic acids is 1. The van der Waals surface area contributed by atoms with Crippen molar-refractivity contribution in [3.05, 3.63) is 71.3 Å². The van der Waals surface area contributed by atoms with Crippen molar-refractivity contribution in [3.63, 3.8) is 0 Å². The Balaban J connectivity index is 1.58. The van der Waals surface area contributed by atoms with Gasteiger partial charge in [0, 0.05) is 18.1 Å². The van der Waals surface area contributed by atoms with Crippen molar-refractivity contribution in [1.29, 1.82) is 0 Å². The fourth-order valence-corrected chi connectivity index (χ4v) is 4.25. The summed E-state index contributed by atoms with van der Waals surface area (Å²) in [5, 5.41) is 11.2. The molecule has 2 heterocycles. The van der Waals surface area contributed by atoms with E-state index in [4.69, 9.17) is 9.47 Å². The topological polar surface area (TPSA) is 99.8 Å². The average molecular weight is 466 g/mol. The van der Waals surface area contributed by atoms with E-state index < -0.39 is 5.25 Å². The summed E-state index contributed by atoms with van der Waals surface area (Å²) in [6.07, 6.45) is 3.92. The lowest BCUT2D eigenvalue weighted by atomic mass is 10.2. The molecule has 1 N–H and O–H groups in total. The van der Waals surface area contributed by atoms with Gasteiger partial charge in [-0.1, -0.05) is 30.8 Å². The Hall–Kier alpha value is -3.79. The molecule has 33 heavy (non-hydrogen) atoms. The van der Waals surface area contributed by atoms with E-state index in [1.165, 1.54) is 16.3 Å². The van der Waals surface area contributed by atoms with Crippen LogP contribution in [0.1, 0.15) is 13.3 Å². The Morgan fingerprint density at radius 1 is 1.06 bits per heavy atom. The Labute approximate surface area is 194 Å². The zero-order valence-corrected chi connectivity index (χ0v) is 19.2. The number of nitrogens with one attached hydrogen (secondary N) is 1. The van der Waals surface area contributed by atoms with E-state index in [0.29, 0.717) is 34.5 Å². The molecule has 1 atom stereocenters. The first-order valence-electron chi connectivity index (χ1n) is 10.3. The van der Waals surface area contributed by atoms with Crippen LogP contribution < -0.4 is 20.3 Å². The number of hydrogen-bond acceptors (Lipinski definition) is 7. The predicted octanol–water partition coefficient (Wildman–Crippen LogP) is 3.41. The van der Waals surface area contributed by atoms with E-state index in [1.807, 2.05) is 19.1 Å². The molecule has 0 aliphatic carbocycles. The van der Waals surface area contributed by atoms with E-state index >= 15 is 0 Å². The van der Waals surface area contributed by atoms with E-state index in [2.05, 4.69) is 15.5 Å². The maximum absolute atomic E-state index is 13.1. The number of aromatic nitrogens is 4. The molecular weight excluding hydrogens is 442 g/mol. The van der Waals surface area contributed by atoms with Gasteiger partial charge in [-0.2, -0.15) is 0 Å². The molecule has 0 saturated carbocycles. The number of amides is 1. The number of anilines is 1. The number of benzene rings is 2. The van der Waals surface area contributed by atoms with Crippen molar-refractivity contribution < 1.29 is 14.3 Å². The van der Waals surface area contributed by atoms with Gasteiger partial charge in [0.25, 0.3) is 0 Å². The average Bonchev–Trinajstić information content (AvgIpc) is 3.26. The molecule has 10 heteroatoms. The number of carbonyl (C=O) groups is 1. The van der Waals surface area contributed by atoms with Crippen molar-refractivity contribution in [2.75, 3.05) is 19.5 Å². The molecule has 0 saturated heterocycles. The molecule has 1 amide bonds. The molecule has 9 nitrogen and oxygen atoms in total. The van der Waals surface area contributed by atoms with Crippen molar-refractivity contribution in [3.8, 4) is 17.2 Å². The monoisotopic (exact) mass is 465 g/mol. The van der Waals surface area contributed by atoms with Gasteiger partial charge in [-0.3, -0.25) is 18.6 Å². The molecule has 0 bridgehead atoms. The minimum atomic E-state index is -0.420. The maximum atomic E-state index is 13.1. The molecule has 0 aliphatic rings. The third-order valence-electron chi connectivity index (χ3n) is 5.05. The second-order valence-electron chi connectivity index (χ2n) is 7.05. The minimum Gasteiger partial charge on any atom is -0.497 e. The highest BCUT2D eigenvalue weighted by Gasteiger charge is 2.22. The van der Waals surface area contributed by atoms with Gasteiger partial charge in [-0.25, -0.2) is 0 Å². The largest absolute Gasteiger partial charge is 0.497 e. The van der Waals surface area contributed by atoms with E-state index in [-0.39, 0.29) is 17.1 Å². The Bertz CT molecular complexity index is 1330. The number of fused-ring (bicyclic) bond motifs is 1. The molecule has 0 fully saturated rings. The molecule has 0 unspecified atom stereocenters. The molecule has 0 aliphatic heterocycles. The van der Waals surface area contributed by atoms with Crippen molar-refractivity contribution in [2.24, 2.45) is 0 Å². The van der Waals surface area contributed by atoms with E-state index in [9.17, 15) is 9.59 Å². The fraction of sp³-hybridized carbons (Fsp3) is 0.217. The number of rotatable bonds is 8. The van der Waals surface area contributed by atoms with Gasteiger partial charge >= 0.3 is 5.56 Å². The standard InChI is InChI=1S/C23H23N5O4S/c1-4-19(21(29)24-15-9-11-16(31-2)12-10-15)33-23-26-25-20-22(30)27(13-14-28(20)23)17-7-5-6-8-18(17)32-3/h5-14,19H,4H2,1-3H3,(H,24,29)/t19-/m0/s1. The van der Waals surface area contributed by atoms with Crippen LogP contribution in [0.5, 0.6) is 11.5 Å². The summed E-state index contributed by atoms with van der Waals surface area (Å²) in [5.74, 6) is 1.12.